The van der Waals surface area contributed by atoms with Gasteiger partial charge in [0, 0.05) is 17.0 Å². The molecule has 0 saturated carbocycles. The number of carbonyl (C=O) groups is 1. The second kappa shape index (κ2) is 9.91. The molecule has 0 amide bonds. The fourth-order valence-corrected chi connectivity index (χ4v) is 4.93. The van der Waals surface area contributed by atoms with Crippen molar-refractivity contribution in [2.24, 2.45) is 0 Å². The number of esters is 1. The van der Waals surface area contributed by atoms with Crippen molar-refractivity contribution < 1.29 is 19.1 Å². The number of thiazole rings is 1. The molecule has 0 bridgehead atoms. The molecule has 0 fully saturated rings. The topological polar surface area (TPSA) is 85.7 Å². The second-order valence-electron chi connectivity index (χ2n) is 9.07. The predicted octanol–water partition coefficient (Wildman–Crippen LogP) is 6.92. The maximum Gasteiger partial charge on any atom is 0.313 e. The van der Waals surface area contributed by atoms with E-state index in [-0.39, 0.29) is 23.8 Å². The molecule has 3 aromatic carbocycles. The fraction of sp³-hybridized carbons (Fsp3) is 0.231. The number of fused-ring (bicyclic) bond motifs is 1. The van der Waals surface area contributed by atoms with Gasteiger partial charge in [-0.25, -0.2) is 9.37 Å². The Balaban J connectivity index is 1.78. The minimum absolute atomic E-state index is 0.0170. The van der Waals surface area contributed by atoms with E-state index >= 15 is 4.39 Å². The first-order valence-corrected chi connectivity index (χ1v) is 12.0. The average Bonchev–Trinajstić information content (AvgIpc) is 3.14. The molecule has 35 heavy (non-hydrogen) atoms. The first-order chi connectivity index (χ1) is 16.5. The monoisotopic (exact) mass is 513 g/mol. The predicted molar refractivity (Wildman–Crippen MR) is 136 cm³/mol. The van der Waals surface area contributed by atoms with Crippen LogP contribution in [0.3, 0.4) is 0 Å². The van der Waals surface area contributed by atoms with Gasteiger partial charge in [-0.2, -0.15) is 0 Å². The molecule has 1 heterocycles. The maximum atomic E-state index is 15.9. The fourth-order valence-electron chi connectivity index (χ4n) is 3.71. The zero-order valence-corrected chi connectivity index (χ0v) is 20.9. The number of hydrogen-bond acceptors (Lipinski definition) is 7. The van der Waals surface area contributed by atoms with Crippen molar-refractivity contribution in [1.82, 2.24) is 4.98 Å². The van der Waals surface area contributed by atoms with Gasteiger partial charge in [-0.05, 0) is 67.8 Å². The number of aromatic nitrogens is 1. The van der Waals surface area contributed by atoms with Crippen LogP contribution in [0.2, 0.25) is 5.02 Å². The summed E-state index contributed by atoms with van der Waals surface area (Å²) in [5.74, 6) is -0.844. The molecule has 0 radical (unpaired) electrons. The molecule has 0 aliphatic rings. The number of anilines is 1. The van der Waals surface area contributed by atoms with Gasteiger partial charge >= 0.3 is 5.97 Å². The summed E-state index contributed by atoms with van der Waals surface area (Å²) in [7, 11) is 0. The van der Waals surface area contributed by atoms with Gasteiger partial charge in [0.2, 0.25) is 0 Å². The molecule has 6 nitrogen and oxygen atoms in total. The summed E-state index contributed by atoms with van der Waals surface area (Å²) in [6, 6.07) is 14.8. The SMILES string of the molecule is CC(C)(C)OC(=O)Cc1nc2c(-c3cccc(Cl)c3)c(F)c(Cc3ccc(N([O-])O)cc3)cc2s1. The van der Waals surface area contributed by atoms with Crippen molar-refractivity contribution in [3.8, 4) is 11.1 Å². The van der Waals surface area contributed by atoms with Crippen molar-refractivity contribution in [3.05, 3.63) is 86.8 Å². The van der Waals surface area contributed by atoms with E-state index in [1.807, 2.05) is 0 Å². The van der Waals surface area contributed by atoms with Gasteiger partial charge in [0.25, 0.3) is 0 Å². The van der Waals surface area contributed by atoms with Crippen LogP contribution in [0, 0.1) is 11.0 Å². The Labute approximate surface area is 211 Å². The van der Waals surface area contributed by atoms with E-state index in [2.05, 4.69) is 4.98 Å². The summed E-state index contributed by atoms with van der Waals surface area (Å²) in [5.41, 5.74) is 1.99. The summed E-state index contributed by atoms with van der Waals surface area (Å²) >= 11 is 7.50. The third-order valence-corrected chi connectivity index (χ3v) is 6.36. The smallest absolute Gasteiger partial charge is 0.313 e. The summed E-state index contributed by atoms with van der Waals surface area (Å²) in [6.45, 7) is 5.39. The molecule has 182 valence electrons. The van der Waals surface area contributed by atoms with Gasteiger partial charge in [-0.15, -0.1) is 11.3 Å². The van der Waals surface area contributed by atoms with Crippen molar-refractivity contribution in [2.45, 2.75) is 39.2 Å². The van der Waals surface area contributed by atoms with E-state index in [1.165, 1.54) is 23.5 Å². The number of hydrogen-bond donors (Lipinski definition) is 1. The Kier molecular flexibility index (Phi) is 7.10. The summed E-state index contributed by atoms with van der Waals surface area (Å²) < 4.78 is 22.1. The minimum Gasteiger partial charge on any atom is -0.733 e. The summed E-state index contributed by atoms with van der Waals surface area (Å²) in [6.07, 6.45) is 0.232. The zero-order chi connectivity index (χ0) is 25.3. The highest BCUT2D eigenvalue weighted by Crippen LogP contribution is 2.38. The number of rotatable bonds is 6. The number of ether oxygens (including phenoxy) is 1. The molecule has 9 heteroatoms. The van der Waals surface area contributed by atoms with Crippen LogP contribution in [0.25, 0.3) is 21.3 Å². The number of halogens is 2. The van der Waals surface area contributed by atoms with Crippen molar-refractivity contribution in [2.75, 3.05) is 5.23 Å². The molecular formula is C26H23ClFN2O4S-. The van der Waals surface area contributed by atoms with Crippen LogP contribution >= 0.6 is 22.9 Å². The lowest BCUT2D eigenvalue weighted by molar-refractivity contribution is -0.153. The van der Waals surface area contributed by atoms with E-state index < -0.39 is 17.4 Å². The van der Waals surface area contributed by atoms with Crippen molar-refractivity contribution in [1.29, 1.82) is 0 Å². The van der Waals surface area contributed by atoms with E-state index in [0.717, 1.165) is 10.3 Å². The molecule has 0 saturated heterocycles. The molecule has 0 unspecified atom stereocenters. The standard InChI is InChI=1S/C26H23ClFN2O4S/c1-26(2,3)34-22(31)14-21-29-25-20(35-21)13-17(11-15-7-9-19(10-8-15)30(32)33)24(28)23(25)16-5-4-6-18(27)12-16/h4-10,12-13,32H,11,14H2,1-3H3/q-1. The lowest BCUT2D eigenvalue weighted by Crippen LogP contribution is -2.24. The largest absolute Gasteiger partial charge is 0.733 e. The highest BCUT2D eigenvalue weighted by atomic mass is 35.5. The van der Waals surface area contributed by atoms with Gasteiger partial charge in [0.05, 0.1) is 22.3 Å². The Hall–Kier alpha value is -3.04. The van der Waals surface area contributed by atoms with Gasteiger partial charge < -0.3 is 15.2 Å². The third kappa shape index (κ3) is 5.97. The zero-order valence-electron chi connectivity index (χ0n) is 19.3. The maximum absolute atomic E-state index is 15.9. The number of nitrogens with zero attached hydrogens (tertiary/aromatic N) is 2. The van der Waals surface area contributed by atoms with Gasteiger partial charge in [-0.1, -0.05) is 35.9 Å². The molecular weight excluding hydrogens is 491 g/mol. The van der Waals surface area contributed by atoms with Crippen LogP contribution in [0.5, 0.6) is 0 Å². The Morgan fingerprint density at radius 3 is 2.54 bits per heavy atom. The van der Waals surface area contributed by atoms with Crippen LogP contribution in [0.1, 0.15) is 36.9 Å². The average molecular weight is 514 g/mol. The Morgan fingerprint density at radius 2 is 1.91 bits per heavy atom. The van der Waals surface area contributed by atoms with Crippen LogP contribution in [-0.4, -0.2) is 21.8 Å². The van der Waals surface area contributed by atoms with Gasteiger partial charge in [0.1, 0.15) is 16.4 Å². The van der Waals surface area contributed by atoms with Gasteiger partial charge in [-0.3, -0.25) is 10.0 Å². The van der Waals surface area contributed by atoms with Gasteiger partial charge in [0.15, 0.2) is 0 Å². The van der Waals surface area contributed by atoms with Crippen molar-refractivity contribution >= 4 is 44.8 Å². The molecule has 0 aliphatic carbocycles. The van der Waals surface area contributed by atoms with E-state index in [1.54, 1.807) is 63.2 Å². The van der Waals surface area contributed by atoms with E-state index in [4.69, 9.17) is 21.5 Å². The molecule has 1 N–H and O–H groups in total. The second-order valence-corrected chi connectivity index (χ2v) is 10.6. The van der Waals surface area contributed by atoms with E-state index in [9.17, 15) is 10.0 Å². The Bertz CT molecular complexity index is 1380. The first-order valence-electron chi connectivity index (χ1n) is 10.8. The normalized spacial score (nSPS) is 11.6. The van der Waals surface area contributed by atoms with Crippen molar-refractivity contribution in [3.63, 3.8) is 0 Å². The van der Waals surface area contributed by atoms with Crippen LogP contribution in [0.4, 0.5) is 10.1 Å². The minimum atomic E-state index is -0.617. The highest BCUT2D eigenvalue weighted by Gasteiger charge is 2.22. The molecule has 1 aromatic heterocycles. The lowest BCUT2D eigenvalue weighted by atomic mass is 9.97. The number of carbonyl (C=O) groups excluding carboxylic acids is 1. The highest BCUT2D eigenvalue weighted by molar-refractivity contribution is 7.18. The molecule has 0 atom stereocenters. The molecule has 4 rings (SSSR count). The van der Waals surface area contributed by atoms with Crippen LogP contribution in [0.15, 0.2) is 54.6 Å². The van der Waals surface area contributed by atoms with Crippen LogP contribution < -0.4 is 5.23 Å². The lowest BCUT2D eigenvalue weighted by Gasteiger charge is -2.21. The number of benzene rings is 3. The third-order valence-electron chi connectivity index (χ3n) is 5.12. The van der Waals surface area contributed by atoms with E-state index in [0.29, 0.717) is 32.2 Å². The first kappa shape index (κ1) is 25.1. The summed E-state index contributed by atoms with van der Waals surface area (Å²) in [5, 5.41) is 20.9. The molecule has 0 aliphatic heterocycles. The summed E-state index contributed by atoms with van der Waals surface area (Å²) in [4.78, 5) is 17.0. The molecule has 0 spiro atoms. The quantitative estimate of drug-likeness (QED) is 0.222. The Morgan fingerprint density at radius 1 is 1.20 bits per heavy atom. The molecule has 4 aromatic rings. The van der Waals surface area contributed by atoms with Crippen LogP contribution in [-0.2, 0) is 22.4 Å².